The molecule has 2 heterocycles. The van der Waals surface area contributed by atoms with Crippen molar-refractivity contribution in [2.45, 2.75) is 9.79 Å². The van der Waals surface area contributed by atoms with Crippen LogP contribution in [0.4, 0.5) is 11.4 Å². The van der Waals surface area contributed by atoms with Crippen LogP contribution in [-0.4, -0.2) is 60.4 Å². The summed E-state index contributed by atoms with van der Waals surface area (Å²) in [5.74, 6) is -4.83. The first-order valence-electron chi connectivity index (χ1n) is 13.2. The first kappa shape index (κ1) is 32.5. The Labute approximate surface area is 272 Å². The summed E-state index contributed by atoms with van der Waals surface area (Å²) in [6, 6.07) is 13.8. The van der Waals surface area contributed by atoms with Crippen molar-refractivity contribution in [1.29, 1.82) is 0 Å². The van der Waals surface area contributed by atoms with Crippen LogP contribution in [-0.2, 0) is 28.8 Å². The van der Waals surface area contributed by atoms with Crippen molar-refractivity contribution in [3.63, 3.8) is 0 Å². The van der Waals surface area contributed by atoms with Crippen molar-refractivity contribution in [3.8, 4) is 11.5 Å². The number of hydrogen-bond acceptors (Lipinski definition) is 15. The fraction of sp³-hybridized carbons (Fsp3) is 0. The fourth-order valence-electron chi connectivity index (χ4n) is 4.55. The summed E-state index contributed by atoms with van der Waals surface area (Å²) in [6.45, 7) is 0. The number of hydrogen-bond donors (Lipinski definition) is 0. The summed E-state index contributed by atoms with van der Waals surface area (Å²) in [6.07, 6.45) is 0. The van der Waals surface area contributed by atoms with Gasteiger partial charge in [0.2, 0.25) is 0 Å². The number of non-ortho nitro benzene ring substituents is 2. The minimum atomic E-state index is -4.79. The Morgan fingerprint density at radius 3 is 1.14 bits per heavy atom. The molecule has 0 bridgehead atoms. The van der Waals surface area contributed by atoms with Crippen LogP contribution in [0.3, 0.4) is 0 Å². The average Bonchev–Trinajstić information content (AvgIpc) is 3.43. The van der Waals surface area contributed by atoms with Gasteiger partial charge in [-0.05, 0) is 60.7 Å². The van der Waals surface area contributed by atoms with Crippen LogP contribution in [0.15, 0.2) is 94.7 Å². The second-order valence-electron chi connectivity index (χ2n) is 9.89. The van der Waals surface area contributed by atoms with Crippen molar-refractivity contribution in [2.75, 3.05) is 0 Å². The number of rotatable bonds is 10. The summed E-state index contributed by atoms with van der Waals surface area (Å²) in [7, 11) is -9.57. The van der Waals surface area contributed by atoms with Gasteiger partial charge in [0.1, 0.15) is 11.5 Å². The van der Waals surface area contributed by atoms with Crippen molar-refractivity contribution in [3.05, 3.63) is 127 Å². The van der Waals surface area contributed by atoms with Gasteiger partial charge >= 0.3 is 20.2 Å². The minimum absolute atomic E-state index is 0.00973. The van der Waals surface area contributed by atoms with Crippen LogP contribution < -0.4 is 4.74 Å². The van der Waals surface area contributed by atoms with Crippen LogP contribution in [0.25, 0.3) is 0 Å². The van der Waals surface area contributed by atoms with Crippen molar-refractivity contribution in [1.82, 2.24) is 10.1 Å². The van der Waals surface area contributed by atoms with E-state index in [0.717, 1.165) is 72.8 Å². The van der Waals surface area contributed by atoms with Gasteiger partial charge in [-0.2, -0.15) is 16.8 Å². The molecule has 0 fully saturated rings. The lowest BCUT2D eigenvalue weighted by molar-refractivity contribution is -0.385. The molecule has 0 saturated carbocycles. The third-order valence-corrected chi connectivity index (χ3v) is 9.28. The quantitative estimate of drug-likeness (QED) is 0.130. The van der Waals surface area contributed by atoms with Crippen molar-refractivity contribution < 1.29 is 59.2 Å². The zero-order chi connectivity index (χ0) is 35.4. The predicted molar refractivity (Wildman–Crippen MR) is 157 cm³/mol. The molecule has 0 unspecified atom stereocenters. The van der Waals surface area contributed by atoms with Gasteiger partial charge in [0.25, 0.3) is 35.0 Å². The fourth-order valence-corrected chi connectivity index (χ4v) is 6.32. The molecule has 2 aliphatic rings. The average molecular weight is 711 g/mol. The molecule has 248 valence electrons. The monoisotopic (exact) mass is 710 g/mol. The number of fused-ring (bicyclic) bond motifs is 2. The van der Waals surface area contributed by atoms with E-state index in [9.17, 15) is 56.2 Å². The van der Waals surface area contributed by atoms with Crippen LogP contribution in [0.5, 0.6) is 11.5 Å². The number of carbonyl (C=O) groups excluding carboxylic acids is 4. The molecule has 4 aromatic carbocycles. The largest absolute Gasteiger partial charge is 0.457 e. The second kappa shape index (κ2) is 11.7. The Hall–Kier alpha value is -6.42. The molecule has 6 rings (SSSR count). The number of nitrogens with zero attached hydrogens (tertiary/aromatic N) is 4. The number of imide groups is 2. The summed E-state index contributed by atoms with van der Waals surface area (Å²) in [5.41, 5.74) is -2.00. The molecule has 21 heteroatoms. The number of amides is 4. The van der Waals surface area contributed by atoms with Crippen molar-refractivity contribution >= 4 is 55.2 Å². The van der Waals surface area contributed by atoms with E-state index in [-0.39, 0.29) is 43.9 Å². The Morgan fingerprint density at radius 2 is 0.816 bits per heavy atom. The molecule has 0 saturated heterocycles. The van der Waals surface area contributed by atoms with Gasteiger partial charge in [-0.15, -0.1) is 18.7 Å². The standard InChI is InChI=1S/C28H14N4O15S2/c33-25-21-11-5-17(13-23(21)27(35)29(25)46-48(41,42)19-7-1-15(2-8-19)31(37)38)45-18-6-12-22-24(14-18)28(36)30(26(22)34)47-49(43,44)20-9-3-16(4-10-20)32(39)40/h1-14H. The van der Waals surface area contributed by atoms with E-state index in [1.165, 1.54) is 12.1 Å². The molecule has 4 amide bonds. The molecule has 0 atom stereocenters. The highest BCUT2D eigenvalue weighted by molar-refractivity contribution is 7.87. The van der Waals surface area contributed by atoms with E-state index in [4.69, 9.17) is 13.3 Å². The maximum Gasteiger partial charge on any atom is 0.318 e. The third kappa shape index (κ3) is 5.84. The molecule has 0 N–H and O–H groups in total. The van der Waals surface area contributed by atoms with Gasteiger partial charge in [-0.1, -0.05) is 0 Å². The maximum atomic E-state index is 13.0. The molecule has 0 aromatic heterocycles. The van der Waals surface area contributed by atoms with Crippen molar-refractivity contribution in [2.24, 2.45) is 0 Å². The third-order valence-electron chi connectivity index (χ3n) is 6.89. The van der Waals surface area contributed by atoms with E-state index < -0.39 is 74.9 Å². The normalized spacial score (nSPS) is 14.2. The summed E-state index contributed by atoms with van der Waals surface area (Å²) >= 11 is 0. The van der Waals surface area contributed by atoms with E-state index in [0.29, 0.717) is 0 Å². The van der Waals surface area contributed by atoms with E-state index in [2.05, 4.69) is 0 Å². The molecule has 49 heavy (non-hydrogen) atoms. The topological polar surface area (TPSA) is 257 Å². The molecular formula is C28H14N4O15S2. The summed E-state index contributed by atoms with van der Waals surface area (Å²) < 4.78 is 65.9. The van der Waals surface area contributed by atoms with Gasteiger partial charge in [0, 0.05) is 24.3 Å². The van der Waals surface area contributed by atoms with Gasteiger partial charge < -0.3 is 4.74 Å². The molecule has 0 radical (unpaired) electrons. The zero-order valence-corrected chi connectivity index (χ0v) is 25.4. The minimum Gasteiger partial charge on any atom is -0.457 e. The predicted octanol–water partition coefficient (Wildman–Crippen LogP) is 3.13. The van der Waals surface area contributed by atoms with Crippen LogP contribution in [0.1, 0.15) is 41.4 Å². The van der Waals surface area contributed by atoms with E-state index in [1.807, 2.05) is 0 Å². The Kier molecular flexibility index (Phi) is 7.75. The lowest BCUT2D eigenvalue weighted by Crippen LogP contribution is -2.32. The number of benzene rings is 4. The molecule has 0 spiro atoms. The number of nitro groups is 2. The highest BCUT2D eigenvalue weighted by Crippen LogP contribution is 2.34. The van der Waals surface area contributed by atoms with Crippen LogP contribution in [0, 0.1) is 20.2 Å². The van der Waals surface area contributed by atoms with Gasteiger partial charge in [0.15, 0.2) is 0 Å². The van der Waals surface area contributed by atoms with E-state index >= 15 is 0 Å². The van der Waals surface area contributed by atoms with Gasteiger partial charge in [-0.25, -0.2) is 0 Å². The smallest absolute Gasteiger partial charge is 0.318 e. The first-order valence-corrected chi connectivity index (χ1v) is 16.0. The summed E-state index contributed by atoms with van der Waals surface area (Å²) in [5, 5.41) is 21.7. The molecule has 0 aliphatic carbocycles. The van der Waals surface area contributed by atoms with Gasteiger partial charge in [-0.3, -0.25) is 39.4 Å². The molecule has 4 aromatic rings. The van der Waals surface area contributed by atoms with Crippen LogP contribution >= 0.6 is 0 Å². The highest BCUT2D eigenvalue weighted by Gasteiger charge is 2.42. The summed E-state index contributed by atoms with van der Waals surface area (Å²) in [4.78, 5) is 70.6. The zero-order valence-electron chi connectivity index (χ0n) is 23.8. The lowest BCUT2D eigenvalue weighted by Gasteiger charge is -2.12. The second-order valence-corrected chi connectivity index (χ2v) is 12.9. The molecular weight excluding hydrogens is 696 g/mol. The Balaban J connectivity index is 1.18. The number of ether oxygens (including phenoxy) is 1. The molecule has 2 aliphatic heterocycles. The maximum absolute atomic E-state index is 13.0. The van der Waals surface area contributed by atoms with Gasteiger partial charge in [0.05, 0.1) is 41.9 Å². The Morgan fingerprint density at radius 1 is 0.490 bits per heavy atom. The van der Waals surface area contributed by atoms with E-state index in [1.54, 1.807) is 0 Å². The first-order chi connectivity index (χ1) is 23.1. The molecule has 19 nitrogen and oxygen atoms in total. The Bertz CT molecular complexity index is 2210. The number of nitro benzene ring substituents is 2. The SMILES string of the molecule is O=C1c2ccc(Oc3ccc4c(c3)C(=O)N(OS(=O)(=O)c3ccc([N+](=O)[O-])cc3)C4=O)cc2C(=O)N1OS(=O)(=O)c1ccc([N+](=O)[O-])cc1. The highest BCUT2D eigenvalue weighted by atomic mass is 32.2. The lowest BCUT2D eigenvalue weighted by atomic mass is 10.1. The number of carbonyl (C=O) groups is 4. The van der Waals surface area contributed by atoms with Crippen LogP contribution in [0.2, 0.25) is 0 Å². The number of hydroxylamine groups is 4.